The molecule has 1 aromatic rings. The lowest BCUT2D eigenvalue weighted by Crippen LogP contribution is -2.57. The molecule has 0 radical (unpaired) electrons. The fraction of sp³-hybridized carbons (Fsp3) is 0.727. The summed E-state index contributed by atoms with van der Waals surface area (Å²) in [5.41, 5.74) is 1.14. The summed E-state index contributed by atoms with van der Waals surface area (Å²) in [7, 11) is -2.17. The van der Waals surface area contributed by atoms with Crippen LogP contribution in [0, 0.1) is 0 Å². The van der Waals surface area contributed by atoms with Gasteiger partial charge in [-0.2, -0.15) is 0 Å². The third-order valence-electron chi connectivity index (χ3n) is 5.29. The van der Waals surface area contributed by atoms with E-state index in [2.05, 4.69) is 60.6 Å². The van der Waals surface area contributed by atoms with Gasteiger partial charge in [0, 0.05) is 0 Å². The van der Waals surface area contributed by atoms with Crippen LogP contribution in [0.25, 0.3) is 0 Å². The molecule has 0 aliphatic carbocycles. The van der Waals surface area contributed by atoms with Crippen LogP contribution in [0.5, 0.6) is 0 Å². The minimum Gasteiger partial charge on any atom is -0.408 e. The van der Waals surface area contributed by atoms with Gasteiger partial charge >= 0.3 is 0 Å². The highest BCUT2D eigenvalue weighted by Gasteiger charge is 2.55. The van der Waals surface area contributed by atoms with E-state index in [0.717, 1.165) is 11.6 Å². The standard InChI is InChI=1S/C22H40O3Si/c1-8-9-15-26(21(2,3)4,22(5,6)7)25-20(16-23)18-24-17-19-13-11-10-12-14-19/h10-14,20,23H,8-9,15-18H2,1-7H3. The van der Waals surface area contributed by atoms with Gasteiger partial charge in [0.05, 0.1) is 25.9 Å². The Morgan fingerprint density at radius 1 is 1.00 bits per heavy atom. The van der Waals surface area contributed by atoms with Crippen molar-refractivity contribution in [3.63, 3.8) is 0 Å². The van der Waals surface area contributed by atoms with Crippen molar-refractivity contribution in [1.29, 1.82) is 0 Å². The number of benzene rings is 1. The Kier molecular flexibility index (Phi) is 9.00. The van der Waals surface area contributed by atoms with Crippen molar-refractivity contribution >= 4 is 8.32 Å². The van der Waals surface area contributed by atoms with Crippen molar-refractivity contribution in [3.8, 4) is 0 Å². The fourth-order valence-corrected chi connectivity index (χ4v) is 10.1. The highest BCUT2D eigenvalue weighted by molar-refractivity contribution is 6.79. The second kappa shape index (κ2) is 10.0. The molecule has 150 valence electrons. The molecule has 0 saturated heterocycles. The van der Waals surface area contributed by atoms with Crippen molar-refractivity contribution in [2.45, 2.75) is 90.1 Å². The van der Waals surface area contributed by atoms with Gasteiger partial charge in [0.25, 0.3) is 0 Å². The van der Waals surface area contributed by atoms with Crippen LogP contribution in [0.2, 0.25) is 16.1 Å². The van der Waals surface area contributed by atoms with Crippen molar-refractivity contribution in [1.82, 2.24) is 0 Å². The van der Waals surface area contributed by atoms with Crippen LogP contribution in [0.3, 0.4) is 0 Å². The molecule has 0 saturated carbocycles. The van der Waals surface area contributed by atoms with E-state index in [1.165, 1.54) is 12.8 Å². The minimum atomic E-state index is -2.17. The van der Waals surface area contributed by atoms with Crippen molar-refractivity contribution in [2.75, 3.05) is 13.2 Å². The normalized spacial score (nSPS) is 14.5. The van der Waals surface area contributed by atoms with Crippen LogP contribution in [0.15, 0.2) is 30.3 Å². The molecule has 0 spiro atoms. The smallest absolute Gasteiger partial charge is 0.204 e. The van der Waals surface area contributed by atoms with Crippen LogP contribution in [0.1, 0.15) is 66.9 Å². The van der Waals surface area contributed by atoms with Gasteiger partial charge in [-0.3, -0.25) is 0 Å². The summed E-state index contributed by atoms with van der Waals surface area (Å²) in [6, 6.07) is 11.3. The SMILES string of the molecule is CCCC[Si](OC(CO)COCc1ccccc1)(C(C)(C)C)C(C)(C)C. The Hall–Kier alpha value is -0.683. The van der Waals surface area contributed by atoms with Crippen LogP contribution < -0.4 is 0 Å². The van der Waals surface area contributed by atoms with E-state index in [-0.39, 0.29) is 22.8 Å². The molecule has 0 fully saturated rings. The molecule has 1 aromatic carbocycles. The lowest BCUT2D eigenvalue weighted by molar-refractivity contribution is 0.00202. The van der Waals surface area contributed by atoms with Crippen molar-refractivity contribution in [2.24, 2.45) is 0 Å². The average Bonchev–Trinajstić information content (AvgIpc) is 2.55. The molecule has 1 atom stereocenters. The Morgan fingerprint density at radius 2 is 1.58 bits per heavy atom. The molecule has 0 aliphatic heterocycles. The molecule has 0 bridgehead atoms. The van der Waals surface area contributed by atoms with Gasteiger partial charge < -0.3 is 14.3 Å². The van der Waals surface area contributed by atoms with Crippen molar-refractivity contribution < 1.29 is 14.3 Å². The molecule has 1 unspecified atom stereocenters. The van der Waals surface area contributed by atoms with E-state index in [4.69, 9.17) is 9.16 Å². The maximum atomic E-state index is 9.96. The molecule has 0 amide bonds. The summed E-state index contributed by atoms with van der Waals surface area (Å²) in [6.45, 7) is 17.0. The zero-order chi connectivity index (χ0) is 19.8. The predicted molar refractivity (Wildman–Crippen MR) is 113 cm³/mol. The van der Waals surface area contributed by atoms with E-state index in [1.54, 1.807) is 0 Å². The van der Waals surface area contributed by atoms with Crippen LogP contribution in [0.4, 0.5) is 0 Å². The lowest BCUT2D eigenvalue weighted by Gasteiger charge is -2.52. The largest absolute Gasteiger partial charge is 0.408 e. The zero-order valence-corrected chi connectivity index (χ0v) is 19.0. The van der Waals surface area contributed by atoms with Gasteiger partial charge in [0.15, 0.2) is 0 Å². The third kappa shape index (κ3) is 6.19. The Labute approximate surface area is 162 Å². The van der Waals surface area contributed by atoms with Crippen molar-refractivity contribution in [3.05, 3.63) is 35.9 Å². The summed E-state index contributed by atoms with van der Waals surface area (Å²) in [4.78, 5) is 0. The summed E-state index contributed by atoms with van der Waals surface area (Å²) >= 11 is 0. The highest BCUT2D eigenvalue weighted by atomic mass is 28.4. The highest BCUT2D eigenvalue weighted by Crippen LogP contribution is 2.54. The van der Waals surface area contributed by atoms with E-state index in [9.17, 15) is 5.11 Å². The summed E-state index contributed by atoms with van der Waals surface area (Å²) in [5, 5.41) is 10.1. The van der Waals surface area contributed by atoms with Gasteiger partial charge in [-0.1, -0.05) is 91.6 Å². The number of unbranched alkanes of at least 4 members (excludes halogenated alkanes) is 1. The Morgan fingerprint density at radius 3 is 2.04 bits per heavy atom. The first-order valence-corrected chi connectivity index (χ1v) is 12.1. The molecular weight excluding hydrogens is 340 g/mol. The first kappa shape index (κ1) is 23.4. The molecule has 0 aliphatic rings. The van der Waals surface area contributed by atoms with E-state index >= 15 is 0 Å². The Balaban J connectivity index is 2.88. The van der Waals surface area contributed by atoms with Gasteiger partial charge in [0.1, 0.15) is 0 Å². The molecule has 1 rings (SSSR count). The second-order valence-electron chi connectivity index (χ2n) is 9.35. The number of hydrogen-bond donors (Lipinski definition) is 1. The number of ether oxygens (including phenoxy) is 1. The molecule has 26 heavy (non-hydrogen) atoms. The molecule has 3 nitrogen and oxygen atoms in total. The van der Waals surface area contributed by atoms with Crippen LogP contribution in [-0.4, -0.2) is 32.7 Å². The lowest BCUT2D eigenvalue weighted by atomic mass is 10.2. The maximum Gasteiger partial charge on any atom is 0.204 e. The van der Waals surface area contributed by atoms with Gasteiger partial charge in [-0.15, -0.1) is 0 Å². The summed E-state index contributed by atoms with van der Waals surface area (Å²) in [5.74, 6) is 0. The van der Waals surface area contributed by atoms with E-state index < -0.39 is 8.32 Å². The van der Waals surface area contributed by atoms with Gasteiger partial charge in [-0.05, 0) is 21.7 Å². The number of hydrogen-bond acceptors (Lipinski definition) is 3. The molecule has 0 aromatic heterocycles. The van der Waals surface area contributed by atoms with Crippen LogP contribution >= 0.6 is 0 Å². The van der Waals surface area contributed by atoms with Gasteiger partial charge in [0.2, 0.25) is 8.32 Å². The summed E-state index contributed by atoms with van der Waals surface area (Å²) < 4.78 is 12.7. The monoisotopic (exact) mass is 380 g/mol. The molecule has 1 N–H and O–H groups in total. The van der Waals surface area contributed by atoms with Crippen LogP contribution in [-0.2, 0) is 15.8 Å². The minimum absolute atomic E-state index is 0.00181. The summed E-state index contributed by atoms with van der Waals surface area (Å²) in [6.07, 6.45) is 2.07. The van der Waals surface area contributed by atoms with E-state index in [1.807, 2.05) is 18.2 Å². The first-order chi connectivity index (χ1) is 12.1. The zero-order valence-electron chi connectivity index (χ0n) is 18.0. The third-order valence-corrected chi connectivity index (χ3v) is 11.9. The quantitative estimate of drug-likeness (QED) is 0.512. The number of aliphatic hydroxyl groups is 1. The number of rotatable bonds is 10. The Bertz CT molecular complexity index is 488. The topological polar surface area (TPSA) is 38.7 Å². The maximum absolute atomic E-state index is 9.96. The molecule has 4 heteroatoms. The predicted octanol–water partition coefficient (Wildman–Crippen LogP) is 5.93. The molecule has 0 heterocycles. The van der Waals surface area contributed by atoms with E-state index in [0.29, 0.717) is 13.2 Å². The average molecular weight is 381 g/mol. The first-order valence-electron chi connectivity index (χ1n) is 9.97. The van der Waals surface area contributed by atoms with Gasteiger partial charge in [-0.25, -0.2) is 0 Å². The molecular formula is C22H40O3Si. The fourth-order valence-electron chi connectivity index (χ4n) is 4.00. The number of aliphatic hydroxyl groups excluding tert-OH is 1. The second-order valence-corrected chi connectivity index (χ2v) is 14.7.